The molecule has 1 nitrogen and oxygen atoms in total. The Morgan fingerprint density at radius 1 is 0.651 bits per heavy atom. The van der Waals surface area contributed by atoms with Crippen molar-refractivity contribution >= 4 is 37.6 Å². The van der Waals surface area contributed by atoms with Crippen LogP contribution in [-0.4, -0.2) is 5.78 Å². The minimum atomic E-state index is -0.532. The number of ketones is 1. The summed E-state index contributed by atoms with van der Waals surface area (Å²) >= 11 is 7.66. The Kier molecular flexibility index (Phi) is 11.1. The number of Topliss-reactive ketones (excluding diaryl/α,β-unsaturated/α-hetero) is 1. The molecule has 4 aromatic carbocycles. The van der Waals surface area contributed by atoms with E-state index in [-0.39, 0.29) is 5.78 Å². The highest BCUT2D eigenvalue weighted by Crippen LogP contribution is 2.58. The predicted molar refractivity (Wildman–Crippen MR) is 189 cm³/mol. The van der Waals surface area contributed by atoms with Gasteiger partial charge in [0.25, 0.3) is 0 Å². The largest absolute Gasteiger partial charge is 0.294 e. The highest BCUT2D eigenvalue weighted by Gasteiger charge is 2.47. The fourth-order valence-electron chi connectivity index (χ4n) is 7.21. The van der Waals surface area contributed by atoms with Crippen LogP contribution in [0.2, 0.25) is 0 Å². The molecule has 0 spiro atoms. The SMILES string of the molecule is CCCCCCC(CCCCCC)CC(=O)c1cc(Br)cc2c1-c1ccc(Br)cc1C2(c1ccccc1)c1ccccc1. The quantitative estimate of drug-likeness (QED) is 0.0785. The lowest BCUT2D eigenvalue weighted by Crippen LogP contribution is -2.28. The molecule has 0 heterocycles. The molecule has 0 saturated carbocycles. The van der Waals surface area contributed by atoms with Crippen molar-refractivity contribution in [1.82, 2.24) is 0 Å². The van der Waals surface area contributed by atoms with Crippen LogP contribution in [0.3, 0.4) is 0 Å². The second kappa shape index (κ2) is 15.0. The first-order valence-corrected chi connectivity index (χ1v) is 17.9. The van der Waals surface area contributed by atoms with Crippen LogP contribution in [0, 0.1) is 5.92 Å². The summed E-state index contributed by atoms with van der Waals surface area (Å²) in [6, 6.07) is 32.5. The van der Waals surface area contributed by atoms with E-state index in [0.717, 1.165) is 38.5 Å². The number of carbonyl (C=O) groups is 1. The molecule has 43 heavy (non-hydrogen) atoms. The molecule has 3 heteroatoms. The van der Waals surface area contributed by atoms with Gasteiger partial charge in [-0.1, -0.05) is 177 Å². The van der Waals surface area contributed by atoms with Crippen molar-refractivity contribution < 1.29 is 4.79 Å². The molecular weight excluding hydrogens is 656 g/mol. The molecule has 0 amide bonds. The highest BCUT2D eigenvalue weighted by molar-refractivity contribution is 9.10. The lowest BCUT2D eigenvalue weighted by molar-refractivity contribution is 0.0955. The van der Waals surface area contributed by atoms with Crippen molar-refractivity contribution in [2.24, 2.45) is 5.92 Å². The summed E-state index contributed by atoms with van der Waals surface area (Å²) in [7, 11) is 0. The molecule has 4 aromatic rings. The van der Waals surface area contributed by atoms with Gasteiger partial charge < -0.3 is 0 Å². The van der Waals surface area contributed by atoms with Crippen molar-refractivity contribution in [3.63, 3.8) is 0 Å². The van der Waals surface area contributed by atoms with E-state index in [1.54, 1.807) is 0 Å². The Morgan fingerprint density at radius 3 is 1.77 bits per heavy atom. The molecule has 0 aromatic heterocycles. The van der Waals surface area contributed by atoms with Gasteiger partial charge in [-0.3, -0.25) is 4.79 Å². The van der Waals surface area contributed by atoms with E-state index < -0.39 is 5.41 Å². The molecule has 0 saturated heterocycles. The Hall–Kier alpha value is -2.49. The molecule has 0 radical (unpaired) electrons. The summed E-state index contributed by atoms with van der Waals surface area (Å²) in [5, 5.41) is 0. The van der Waals surface area contributed by atoms with Gasteiger partial charge in [-0.05, 0) is 63.6 Å². The summed E-state index contributed by atoms with van der Waals surface area (Å²) in [6.45, 7) is 4.53. The second-order valence-electron chi connectivity index (χ2n) is 12.2. The predicted octanol–water partition coefficient (Wildman–Crippen LogP) is 12.7. The third-order valence-corrected chi connectivity index (χ3v) is 10.2. The molecule has 0 N–H and O–H groups in total. The molecule has 0 bridgehead atoms. The third-order valence-electron chi connectivity index (χ3n) is 9.28. The molecular formula is C40H44Br2O. The monoisotopic (exact) mass is 698 g/mol. The molecule has 1 aliphatic rings. The van der Waals surface area contributed by atoms with Crippen LogP contribution >= 0.6 is 31.9 Å². The number of hydrogen-bond donors (Lipinski definition) is 0. The van der Waals surface area contributed by atoms with E-state index >= 15 is 0 Å². The molecule has 0 atom stereocenters. The van der Waals surface area contributed by atoms with Gasteiger partial charge in [-0.25, -0.2) is 0 Å². The molecule has 0 aliphatic heterocycles. The van der Waals surface area contributed by atoms with Gasteiger partial charge in [-0.15, -0.1) is 0 Å². The number of unbranched alkanes of at least 4 members (excludes halogenated alkanes) is 6. The summed E-state index contributed by atoms with van der Waals surface area (Å²) in [4.78, 5) is 14.5. The van der Waals surface area contributed by atoms with Crippen LogP contribution in [0.15, 0.2) is 99.9 Å². The van der Waals surface area contributed by atoms with E-state index in [1.807, 2.05) is 0 Å². The van der Waals surface area contributed by atoms with Crippen LogP contribution in [0.1, 0.15) is 117 Å². The Bertz CT molecular complexity index is 1460. The van der Waals surface area contributed by atoms with Crippen molar-refractivity contribution in [2.45, 2.75) is 89.9 Å². The minimum Gasteiger partial charge on any atom is -0.294 e. The Labute approximate surface area is 275 Å². The Balaban J connectivity index is 1.63. The minimum absolute atomic E-state index is 0.277. The second-order valence-corrected chi connectivity index (χ2v) is 14.1. The average molecular weight is 701 g/mol. The maximum Gasteiger partial charge on any atom is 0.163 e. The average Bonchev–Trinajstić information content (AvgIpc) is 3.31. The van der Waals surface area contributed by atoms with E-state index in [1.165, 1.54) is 73.6 Å². The van der Waals surface area contributed by atoms with E-state index in [9.17, 15) is 4.79 Å². The van der Waals surface area contributed by atoms with Crippen LogP contribution in [0.4, 0.5) is 0 Å². The fraction of sp³-hybridized carbons (Fsp3) is 0.375. The van der Waals surface area contributed by atoms with Crippen LogP contribution in [0.5, 0.6) is 0 Å². The summed E-state index contributed by atoms with van der Waals surface area (Å²) in [5.41, 5.74) is 7.39. The van der Waals surface area contributed by atoms with Gasteiger partial charge in [0, 0.05) is 20.9 Å². The number of hydrogen-bond acceptors (Lipinski definition) is 1. The number of halogens is 2. The zero-order chi connectivity index (χ0) is 30.2. The lowest BCUT2D eigenvalue weighted by atomic mass is 9.67. The summed E-state index contributed by atoms with van der Waals surface area (Å²) in [6.07, 6.45) is 12.9. The van der Waals surface area contributed by atoms with Gasteiger partial charge in [0.05, 0.1) is 5.41 Å². The molecule has 1 aliphatic carbocycles. The summed E-state index contributed by atoms with van der Waals surface area (Å²) < 4.78 is 2.00. The fourth-order valence-corrected chi connectivity index (χ4v) is 8.03. The van der Waals surface area contributed by atoms with Crippen LogP contribution < -0.4 is 0 Å². The van der Waals surface area contributed by atoms with Gasteiger partial charge in [0.2, 0.25) is 0 Å². The highest BCUT2D eigenvalue weighted by atomic mass is 79.9. The van der Waals surface area contributed by atoms with Crippen molar-refractivity contribution in [2.75, 3.05) is 0 Å². The summed E-state index contributed by atoms with van der Waals surface area (Å²) in [5.74, 6) is 0.717. The number of rotatable bonds is 15. The van der Waals surface area contributed by atoms with E-state index in [4.69, 9.17) is 0 Å². The van der Waals surface area contributed by atoms with Crippen LogP contribution in [0.25, 0.3) is 11.1 Å². The lowest BCUT2D eigenvalue weighted by Gasteiger charge is -2.34. The number of carbonyl (C=O) groups excluding carboxylic acids is 1. The standard InChI is InChI=1S/C40H44Br2O/c1-3-5-7-11-17-29(18-12-8-6-4-2)25-38(43)35-26-33(42)28-37-39(35)34-24-23-32(41)27-36(34)40(37,30-19-13-9-14-20-30)31-21-15-10-16-22-31/h9-10,13-16,19-24,26-29H,3-8,11-12,17-18,25H2,1-2H3. The van der Waals surface area contributed by atoms with Gasteiger partial charge in [-0.2, -0.15) is 0 Å². The topological polar surface area (TPSA) is 17.1 Å². The first-order chi connectivity index (χ1) is 21.0. The first-order valence-electron chi connectivity index (χ1n) is 16.3. The van der Waals surface area contributed by atoms with Gasteiger partial charge in [0.15, 0.2) is 5.78 Å². The van der Waals surface area contributed by atoms with E-state index in [0.29, 0.717) is 12.3 Å². The van der Waals surface area contributed by atoms with Crippen molar-refractivity contribution in [1.29, 1.82) is 0 Å². The maximum absolute atomic E-state index is 14.5. The molecule has 0 fully saturated rings. The number of benzene rings is 4. The van der Waals surface area contributed by atoms with Gasteiger partial charge >= 0.3 is 0 Å². The zero-order valence-electron chi connectivity index (χ0n) is 25.7. The maximum atomic E-state index is 14.5. The third kappa shape index (κ3) is 6.79. The zero-order valence-corrected chi connectivity index (χ0v) is 28.9. The first kappa shape index (κ1) is 31.9. The number of fused-ring (bicyclic) bond motifs is 3. The van der Waals surface area contributed by atoms with Crippen LogP contribution in [-0.2, 0) is 5.41 Å². The van der Waals surface area contributed by atoms with E-state index in [2.05, 4.69) is 137 Å². The van der Waals surface area contributed by atoms with Crippen molar-refractivity contribution in [3.05, 3.63) is 128 Å². The van der Waals surface area contributed by atoms with Crippen molar-refractivity contribution in [3.8, 4) is 11.1 Å². The normalized spacial score (nSPS) is 13.2. The molecule has 0 unspecified atom stereocenters. The van der Waals surface area contributed by atoms with Gasteiger partial charge in [0.1, 0.15) is 0 Å². The molecule has 224 valence electrons. The Morgan fingerprint density at radius 2 is 1.21 bits per heavy atom. The molecule has 5 rings (SSSR count). The smallest absolute Gasteiger partial charge is 0.163 e.